The largest absolute Gasteiger partial charge is 0.308 e. The molecule has 0 saturated heterocycles. The maximum absolute atomic E-state index is 9.17. The number of hydrogen-bond donors (Lipinski definition) is 0. The second-order valence-corrected chi connectivity index (χ2v) is 27.0. The summed E-state index contributed by atoms with van der Waals surface area (Å²) >= 11 is 0. The monoisotopic (exact) mass is 1430 g/mol. The number of nitrogens with zero attached hydrogens (tertiary/aromatic N) is 16. The van der Waals surface area contributed by atoms with Gasteiger partial charge < -0.3 is 9.13 Å². The van der Waals surface area contributed by atoms with Gasteiger partial charge in [0, 0.05) is 101 Å². The van der Waals surface area contributed by atoms with Crippen LogP contribution in [0.3, 0.4) is 0 Å². The Morgan fingerprint density at radius 1 is 0.196 bits per heavy atom. The first-order chi connectivity index (χ1) is 55.4. The van der Waals surface area contributed by atoms with Crippen molar-refractivity contribution >= 4 is 49.3 Å². The Morgan fingerprint density at radius 3 is 0.616 bits per heavy atom. The molecule has 0 amide bonds. The van der Waals surface area contributed by atoms with E-state index in [2.05, 4.69) is 97.8 Å². The lowest BCUT2D eigenvalue weighted by atomic mass is 10.0. The molecule has 13 aromatic carbocycles. The summed E-state index contributed by atoms with van der Waals surface area (Å²) in [5.74, 6) is 6.24. The molecule has 0 fully saturated rings. The van der Waals surface area contributed by atoms with Gasteiger partial charge in [-0.25, -0.2) is 64.7 Å². The van der Waals surface area contributed by atoms with E-state index in [1.165, 1.54) is 0 Å². The van der Waals surface area contributed by atoms with Gasteiger partial charge >= 0.3 is 0 Å². The van der Waals surface area contributed by atoms with Crippen molar-refractivity contribution < 1.29 is 0 Å². The predicted molar refractivity (Wildman–Crippen MR) is 443 cm³/mol. The molecule has 0 N–H and O–H groups in total. The van der Waals surface area contributed by atoms with Gasteiger partial charge in [-0.1, -0.05) is 243 Å². The van der Waals surface area contributed by atoms with Crippen molar-refractivity contribution in [2.45, 2.75) is 0 Å². The van der Waals surface area contributed by atoms with Crippen LogP contribution in [0.2, 0.25) is 0 Å². The van der Waals surface area contributed by atoms with Crippen LogP contribution in [-0.4, -0.2) is 73.9 Å². The van der Waals surface area contributed by atoms with Crippen LogP contribution in [0.5, 0.6) is 0 Å². The maximum Gasteiger partial charge on any atom is 0.197 e. The number of hydrogen-bond acceptors (Lipinski definition) is 13. The van der Waals surface area contributed by atoms with E-state index in [0.717, 1.165) is 122 Å². The van der Waals surface area contributed by atoms with Gasteiger partial charge in [0.25, 0.3) is 0 Å². The summed E-state index contributed by atoms with van der Waals surface area (Å²) in [7, 11) is 0. The van der Waals surface area contributed by atoms with Gasteiger partial charge in [0.15, 0.2) is 75.6 Å². The minimum absolute atomic E-state index is 0.425. The molecule has 0 saturated carbocycles. The van der Waals surface area contributed by atoms with E-state index >= 15 is 0 Å². The molecule has 0 aliphatic carbocycles. The SMILES string of the molecule is [C-]#[N+]c1cc(-n2c3ccc(-c4nc(-c5ccccc5)nc(-c5ccccc5)n4)cc3c3cc(-c4nc(-c5ccccc5)nc(-c5ccccc5)n4)ccc32)c(-n2c3ccc(-c4nc(-c5ccccc5)nc(-c5ccccc5)n4)cc3c3cc(-c4nc(-c5ccccc5)nc(-c5ccccc5)n4)ccc32)cc1-c1ccncc1. The molecule has 16 nitrogen and oxygen atoms in total. The van der Waals surface area contributed by atoms with Gasteiger partial charge in [-0.05, 0) is 108 Å². The van der Waals surface area contributed by atoms with Crippen molar-refractivity contribution in [1.29, 1.82) is 0 Å². The average Bonchev–Trinajstić information content (AvgIpc) is 1.55. The van der Waals surface area contributed by atoms with Crippen LogP contribution in [0.25, 0.3) is 208 Å². The maximum atomic E-state index is 9.17. The van der Waals surface area contributed by atoms with Gasteiger partial charge in [-0.3, -0.25) is 4.98 Å². The molecule has 20 rings (SSSR count). The van der Waals surface area contributed by atoms with E-state index in [9.17, 15) is 0 Å². The zero-order valence-corrected chi connectivity index (χ0v) is 59.6. The summed E-state index contributed by atoms with van der Waals surface area (Å²) in [4.78, 5) is 71.4. The lowest BCUT2D eigenvalue weighted by Crippen LogP contribution is -2.05. The fraction of sp³-hybridized carbons (Fsp3) is 0. The Bertz CT molecular complexity index is 6430. The summed E-state index contributed by atoms with van der Waals surface area (Å²) in [5.41, 5.74) is 16.6. The van der Waals surface area contributed by atoms with Crippen LogP contribution in [0, 0.1) is 6.57 Å². The molecule has 0 radical (unpaired) electrons. The van der Waals surface area contributed by atoms with Gasteiger partial charge in [0.2, 0.25) is 0 Å². The summed E-state index contributed by atoms with van der Waals surface area (Å²) in [5, 5.41) is 3.49. The minimum Gasteiger partial charge on any atom is -0.308 e. The highest BCUT2D eigenvalue weighted by atomic mass is 15.1. The topological polar surface area (TPSA) is 182 Å². The third-order valence-electron chi connectivity index (χ3n) is 20.0. The van der Waals surface area contributed by atoms with Crippen molar-refractivity contribution in [2.24, 2.45) is 0 Å². The molecule has 0 unspecified atom stereocenters. The van der Waals surface area contributed by atoms with E-state index in [-0.39, 0.29) is 0 Å². The highest BCUT2D eigenvalue weighted by Gasteiger charge is 2.27. The first kappa shape index (κ1) is 65.6. The van der Waals surface area contributed by atoms with Gasteiger partial charge in [-0.15, -0.1) is 0 Å². The highest BCUT2D eigenvalue weighted by molar-refractivity contribution is 6.14. The lowest BCUT2D eigenvalue weighted by molar-refractivity contribution is 1.07. The van der Waals surface area contributed by atoms with Crippen molar-refractivity contribution in [3.05, 3.63) is 364 Å². The zero-order valence-electron chi connectivity index (χ0n) is 59.6. The quantitative estimate of drug-likeness (QED) is 0.0885. The fourth-order valence-electron chi connectivity index (χ4n) is 14.7. The van der Waals surface area contributed by atoms with E-state index in [1.807, 2.05) is 261 Å². The molecule has 16 heteroatoms. The standard InChI is InChI=1S/C96H58N16/c1-97-78-59-84(112-81-48-44-71(95-107-89(65-34-18-6-19-35-65)101-90(108-95)66-36-20-7-21-37-66)56-76(81)77-57-72(45-49-82(77)112)96-109-91(67-38-22-8-23-39-67)102-92(110-96)68-40-24-9-25-41-68)83(58-73(78)60-50-52-98-53-51-60)111-79-46-42-69(93-103-85(61-26-10-2-11-27-61)99-86(104-93)62-28-12-3-13-29-62)54-74(79)75-55-70(43-47-80(75)111)94-105-87(63-30-14-4-15-31-63)100-88(106-94)64-32-16-5-17-33-64/h2-59H. The molecule has 522 valence electrons. The summed E-state index contributed by atoms with van der Waals surface area (Å²) in [6.07, 6.45) is 3.53. The Hall–Kier alpha value is -15.9. The summed E-state index contributed by atoms with van der Waals surface area (Å²) in [6.45, 7) is 9.17. The van der Waals surface area contributed by atoms with E-state index in [4.69, 9.17) is 66.4 Å². The molecule has 0 bridgehead atoms. The first-order valence-electron chi connectivity index (χ1n) is 36.6. The number of fused-ring (bicyclic) bond motifs is 6. The van der Waals surface area contributed by atoms with Gasteiger partial charge in [0.05, 0.1) is 40.0 Å². The average molecular weight is 1440 g/mol. The predicted octanol–water partition coefficient (Wildman–Crippen LogP) is 22.2. The van der Waals surface area contributed by atoms with Gasteiger partial charge in [-0.2, -0.15) is 0 Å². The minimum atomic E-state index is 0.425. The molecular weight excluding hydrogens is 1380 g/mol. The second kappa shape index (κ2) is 28.1. The molecule has 0 atom stereocenters. The molecule has 7 aromatic heterocycles. The normalized spacial score (nSPS) is 11.4. The Labute approximate surface area is 642 Å². The number of benzene rings is 13. The number of aromatic nitrogens is 15. The lowest BCUT2D eigenvalue weighted by Gasteiger charge is -2.20. The van der Waals surface area contributed by atoms with E-state index in [1.54, 1.807) is 12.4 Å². The summed E-state index contributed by atoms with van der Waals surface area (Å²) in [6, 6.07) is 114. The van der Waals surface area contributed by atoms with Crippen LogP contribution < -0.4 is 0 Å². The second-order valence-electron chi connectivity index (χ2n) is 27.0. The van der Waals surface area contributed by atoms with E-state index in [0.29, 0.717) is 86.8 Å². The Morgan fingerprint density at radius 2 is 0.402 bits per heavy atom. The number of pyridine rings is 1. The highest BCUT2D eigenvalue weighted by Crippen LogP contribution is 2.46. The molecular formula is C96H58N16. The fourth-order valence-corrected chi connectivity index (χ4v) is 14.7. The zero-order chi connectivity index (χ0) is 74.4. The van der Waals surface area contributed by atoms with Crippen LogP contribution >= 0.6 is 0 Å². The third kappa shape index (κ3) is 12.3. The molecule has 0 aliphatic heterocycles. The molecule has 0 spiro atoms. The van der Waals surface area contributed by atoms with Gasteiger partial charge in [0.1, 0.15) is 0 Å². The van der Waals surface area contributed by atoms with Crippen LogP contribution in [0.15, 0.2) is 352 Å². The Balaban J connectivity index is 0.868. The van der Waals surface area contributed by atoms with Crippen LogP contribution in [-0.2, 0) is 0 Å². The Kier molecular flexibility index (Phi) is 16.5. The third-order valence-corrected chi connectivity index (χ3v) is 20.0. The smallest absolute Gasteiger partial charge is 0.197 e. The summed E-state index contributed by atoms with van der Waals surface area (Å²) < 4.78 is 4.59. The van der Waals surface area contributed by atoms with E-state index < -0.39 is 0 Å². The van der Waals surface area contributed by atoms with Crippen molar-refractivity contribution in [2.75, 3.05) is 0 Å². The first-order valence-corrected chi connectivity index (χ1v) is 36.6. The molecule has 20 aromatic rings. The van der Waals surface area contributed by atoms with Crippen molar-refractivity contribution in [1.82, 2.24) is 73.9 Å². The van der Waals surface area contributed by atoms with Crippen molar-refractivity contribution in [3.63, 3.8) is 0 Å². The van der Waals surface area contributed by atoms with Crippen LogP contribution in [0.4, 0.5) is 5.69 Å². The van der Waals surface area contributed by atoms with Crippen molar-refractivity contribution in [3.8, 4) is 159 Å². The number of rotatable bonds is 15. The molecule has 0 aliphatic rings. The van der Waals surface area contributed by atoms with Crippen LogP contribution in [0.1, 0.15) is 0 Å². The molecule has 112 heavy (non-hydrogen) atoms. The molecule has 7 heterocycles.